The molecule has 0 aromatic heterocycles. The van der Waals surface area contributed by atoms with Crippen LogP contribution in [-0.2, 0) is 4.79 Å². The normalized spacial score (nSPS) is 17.5. The third-order valence-corrected chi connectivity index (χ3v) is 5.14. The Bertz CT molecular complexity index is 446. The molecule has 1 saturated heterocycles. The number of nitrogens with zero attached hydrogens (tertiary/aromatic N) is 2. The fourth-order valence-corrected chi connectivity index (χ4v) is 3.57. The number of rotatable bonds is 7. The van der Waals surface area contributed by atoms with E-state index in [1.165, 1.54) is 4.90 Å². The van der Waals surface area contributed by atoms with Gasteiger partial charge in [-0.2, -0.15) is 0 Å². The average molecular weight is 321 g/mol. The Morgan fingerprint density at radius 2 is 1.91 bits per heavy atom. The standard InChI is InChI=1S/C17H27N3OS/c1-3-18-15(14-22-16-7-5-4-6-8-16)13-17(21)20-11-9-19(2)10-12-20/h4-8,15,18H,3,9-14H2,1-2H3/t15-/m1/s1. The number of amides is 1. The minimum absolute atomic E-state index is 0.238. The summed E-state index contributed by atoms with van der Waals surface area (Å²) in [5.41, 5.74) is 0. The molecule has 1 N–H and O–H groups in total. The molecule has 0 radical (unpaired) electrons. The zero-order valence-corrected chi connectivity index (χ0v) is 14.4. The third kappa shape index (κ3) is 5.63. The van der Waals surface area contributed by atoms with Gasteiger partial charge in [0.25, 0.3) is 0 Å². The predicted molar refractivity (Wildman–Crippen MR) is 93.3 cm³/mol. The molecule has 1 amide bonds. The van der Waals surface area contributed by atoms with Crippen molar-refractivity contribution in [2.24, 2.45) is 0 Å². The molecule has 1 atom stereocenters. The number of carbonyl (C=O) groups is 1. The van der Waals surface area contributed by atoms with E-state index in [4.69, 9.17) is 0 Å². The Kier molecular flexibility index (Phi) is 7.22. The van der Waals surface area contributed by atoms with Crippen LogP contribution in [0.15, 0.2) is 35.2 Å². The SMILES string of the molecule is CCN[C@@H](CSc1ccccc1)CC(=O)N1CCN(C)CC1. The molecule has 2 rings (SSSR count). The minimum atomic E-state index is 0.238. The van der Waals surface area contributed by atoms with Crippen molar-refractivity contribution in [2.45, 2.75) is 24.3 Å². The Balaban J connectivity index is 1.81. The van der Waals surface area contributed by atoms with Gasteiger partial charge in [-0.3, -0.25) is 4.79 Å². The third-order valence-electron chi connectivity index (χ3n) is 3.96. The largest absolute Gasteiger partial charge is 0.340 e. The van der Waals surface area contributed by atoms with Crippen LogP contribution in [0.4, 0.5) is 0 Å². The summed E-state index contributed by atoms with van der Waals surface area (Å²) >= 11 is 1.82. The van der Waals surface area contributed by atoms with Gasteiger partial charge in [-0.25, -0.2) is 0 Å². The number of hydrogen-bond acceptors (Lipinski definition) is 4. The van der Waals surface area contributed by atoms with Crippen molar-refractivity contribution in [3.05, 3.63) is 30.3 Å². The van der Waals surface area contributed by atoms with Crippen LogP contribution in [-0.4, -0.2) is 67.3 Å². The Hall–Kier alpha value is -1.04. The summed E-state index contributed by atoms with van der Waals surface area (Å²) in [7, 11) is 2.11. The number of piperazine rings is 1. The van der Waals surface area contributed by atoms with Crippen molar-refractivity contribution in [1.29, 1.82) is 0 Å². The summed E-state index contributed by atoms with van der Waals surface area (Å²) in [5, 5.41) is 3.45. The number of carbonyl (C=O) groups excluding carboxylic acids is 1. The lowest BCUT2D eigenvalue weighted by atomic mass is 10.2. The molecule has 0 saturated carbocycles. The van der Waals surface area contributed by atoms with Gasteiger partial charge in [-0.15, -0.1) is 11.8 Å². The molecule has 1 aliphatic rings. The van der Waals surface area contributed by atoms with Crippen LogP contribution in [0.25, 0.3) is 0 Å². The maximum atomic E-state index is 12.5. The molecule has 0 unspecified atom stereocenters. The fourth-order valence-electron chi connectivity index (χ4n) is 2.59. The molecule has 1 aliphatic heterocycles. The van der Waals surface area contributed by atoms with Crippen LogP contribution >= 0.6 is 11.8 Å². The van der Waals surface area contributed by atoms with Gasteiger partial charge < -0.3 is 15.1 Å². The summed E-state index contributed by atoms with van der Waals surface area (Å²) in [6.45, 7) is 6.68. The van der Waals surface area contributed by atoms with E-state index < -0.39 is 0 Å². The van der Waals surface area contributed by atoms with Gasteiger partial charge >= 0.3 is 0 Å². The van der Waals surface area contributed by atoms with Crippen LogP contribution in [0.5, 0.6) is 0 Å². The van der Waals surface area contributed by atoms with E-state index in [1.54, 1.807) is 0 Å². The van der Waals surface area contributed by atoms with Crippen molar-refractivity contribution in [2.75, 3.05) is 45.5 Å². The molecular formula is C17H27N3OS. The van der Waals surface area contributed by atoms with Gasteiger partial charge in [0.1, 0.15) is 0 Å². The van der Waals surface area contributed by atoms with Gasteiger partial charge in [0, 0.05) is 49.3 Å². The molecule has 0 spiro atoms. The summed E-state index contributed by atoms with van der Waals surface area (Å²) in [6.07, 6.45) is 0.595. The number of benzene rings is 1. The lowest BCUT2D eigenvalue weighted by molar-refractivity contribution is -0.133. The molecule has 1 heterocycles. The summed E-state index contributed by atoms with van der Waals surface area (Å²) in [6, 6.07) is 10.6. The van der Waals surface area contributed by atoms with Crippen LogP contribution in [0, 0.1) is 0 Å². The zero-order valence-electron chi connectivity index (χ0n) is 13.6. The second-order valence-corrected chi connectivity index (χ2v) is 6.86. The van der Waals surface area contributed by atoms with Crippen LogP contribution < -0.4 is 5.32 Å². The summed E-state index contributed by atoms with van der Waals surface area (Å²) in [5.74, 6) is 1.21. The zero-order chi connectivity index (χ0) is 15.8. The first-order chi connectivity index (χ1) is 10.7. The quantitative estimate of drug-likeness (QED) is 0.778. The van der Waals surface area contributed by atoms with Crippen molar-refractivity contribution in [1.82, 2.24) is 15.1 Å². The summed E-state index contributed by atoms with van der Waals surface area (Å²) in [4.78, 5) is 18.0. The fraction of sp³-hybridized carbons (Fsp3) is 0.588. The van der Waals surface area contributed by atoms with E-state index in [2.05, 4.69) is 48.5 Å². The van der Waals surface area contributed by atoms with Crippen LogP contribution in [0.1, 0.15) is 13.3 Å². The van der Waals surface area contributed by atoms with Gasteiger partial charge in [-0.1, -0.05) is 25.1 Å². The van der Waals surface area contributed by atoms with Crippen LogP contribution in [0.3, 0.4) is 0 Å². The molecule has 22 heavy (non-hydrogen) atoms. The number of nitrogens with one attached hydrogen (secondary N) is 1. The molecule has 1 aromatic rings. The molecule has 0 aliphatic carbocycles. The molecule has 0 bridgehead atoms. The first kappa shape index (κ1) is 17.3. The highest BCUT2D eigenvalue weighted by Gasteiger charge is 2.22. The molecule has 5 heteroatoms. The van der Waals surface area contributed by atoms with Crippen molar-refractivity contribution < 1.29 is 4.79 Å². The number of thioether (sulfide) groups is 1. The Labute approximate surface area is 138 Å². The first-order valence-corrected chi connectivity index (χ1v) is 9.05. The maximum Gasteiger partial charge on any atom is 0.224 e. The predicted octanol–water partition coefficient (Wildman–Crippen LogP) is 1.92. The van der Waals surface area contributed by atoms with Gasteiger partial charge in [0.2, 0.25) is 5.91 Å². The monoisotopic (exact) mass is 321 g/mol. The average Bonchev–Trinajstić information content (AvgIpc) is 2.54. The Morgan fingerprint density at radius 3 is 2.55 bits per heavy atom. The number of likely N-dealkylation sites (N-methyl/N-ethyl adjacent to an activating group) is 1. The summed E-state index contributed by atoms with van der Waals surface area (Å²) < 4.78 is 0. The van der Waals surface area contributed by atoms with Crippen LogP contribution in [0.2, 0.25) is 0 Å². The van der Waals surface area contributed by atoms with Gasteiger partial charge in [0.05, 0.1) is 0 Å². The maximum absolute atomic E-state index is 12.5. The van der Waals surface area contributed by atoms with Crippen molar-refractivity contribution >= 4 is 17.7 Å². The lowest BCUT2D eigenvalue weighted by Crippen LogP contribution is -2.48. The molecule has 1 aromatic carbocycles. The minimum Gasteiger partial charge on any atom is -0.340 e. The van der Waals surface area contributed by atoms with Crippen molar-refractivity contribution in [3.63, 3.8) is 0 Å². The van der Waals surface area contributed by atoms with Crippen molar-refractivity contribution in [3.8, 4) is 0 Å². The molecule has 122 valence electrons. The van der Waals surface area contributed by atoms with Gasteiger partial charge in [-0.05, 0) is 25.7 Å². The first-order valence-electron chi connectivity index (χ1n) is 8.06. The number of hydrogen-bond donors (Lipinski definition) is 1. The highest BCUT2D eigenvalue weighted by molar-refractivity contribution is 7.99. The Morgan fingerprint density at radius 1 is 1.23 bits per heavy atom. The highest BCUT2D eigenvalue weighted by Crippen LogP contribution is 2.19. The highest BCUT2D eigenvalue weighted by atomic mass is 32.2. The van der Waals surface area contributed by atoms with E-state index in [0.717, 1.165) is 38.5 Å². The van der Waals surface area contributed by atoms with E-state index in [-0.39, 0.29) is 11.9 Å². The topological polar surface area (TPSA) is 35.6 Å². The van der Waals surface area contributed by atoms with E-state index in [0.29, 0.717) is 6.42 Å². The van der Waals surface area contributed by atoms with E-state index in [1.807, 2.05) is 22.7 Å². The molecule has 1 fully saturated rings. The van der Waals surface area contributed by atoms with E-state index >= 15 is 0 Å². The smallest absolute Gasteiger partial charge is 0.224 e. The molecule has 4 nitrogen and oxygen atoms in total. The second kappa shape index (κ2) is 9.18. The second-order valence-electron chi connectivity index (χ2n) is 5.77. The van der Waals surface area contributed by atoms with Gasteiger partial charge in [0.15, 0.2) is 0 Å². The van der Waals surface area contributed by atoms with E-state index in [9.17, 15) is 4.79 Å². The molecular weight excluding hydrogens is 294 g/mol. The lowest BCUT2D eigenvalue weighted by Gasteiger charge is -2.33.